The van der Waals surface area contributed by atoms with Gasteiger partial charge in [-0.1, -0.05) is 125 Å². The normalized spacial score (nSPS) is 20.1. The molecular weight excluding hydrogens is 740 g/mol. The van der Waals surface area contributed by atoms with Crippen molar-refractivity contribution in [2.45, 2.75) is 166 Å². The summed E-state index contributed by atoms with van der Waals surface area (Å²) in [6.45, 7) is 4.27. The molecule has 2 aromatic carbocycles. The van der Waals surface area contributed by atoms with Crippen LogP contribution in [0.3, 0.4) is 0 Å². The van der Waals surface area contributed by atoms with Crippen LogP contribution in [-0.2, 0) is 18.6 Å². The molecule has 4 saturated carbocycles. The Kier molecular flexibility index (Phi) is 17.3. The molecule has 0 aliphatic heterocycles. The molecule has 4 aliphatic carbocycles. The summed E-state index contributed by atoms with van der Waals surface area (Å²) in [5, 5.41) is 0.699. The van der Waals surface area contributed by atoms with E-state index >= 15 is 0 Å². The number of nitrogens with zero attached hydrogens (tertiary/aromatic N) is 3. The summed E-state index contributed by atoms with van der Waals surface area (Å²) < 4.78 is 0. The van der Waals surface area contributed by atoms with Crippen LogP contribution in [0.5, 0.6) is 0 Å². The number of hydrogen-bond acceptors (Lipinski definition) is 3. The number of rotatable bonds is 8. The minimum absolute atomic E-state index is 0. The fourth-order valence-corrected chi connectivity index (χ4v) is 9.91. The van der Waals surface area contributed by atoms with Crippen molar-refractivity contribution in [3.63, 3.8) is 0 Å². The van der Waals surface area contributed by atoms with E-state index in [0.717, 1.165) is 22.8 Å². The predicted octanol–water partition coefficient (Wildman–Crippen LogP) is 8.21. The van der Waals surface area contributed by atoms with Gasteiger partial charge in [-0.25, -0.2) is 4.98 Å². The Labute approximate surface area is 343 Å². The van der Waals surface area contributed by atoms with Crippen LogP contribution in [0.25, 0.3) is 0 Å². The molecular formula is C45H58Cl3N3V. The smallest absolute Gasteiger partial charge is 1.00 e. The third-order valence-electron chi connectivity index (χ3n) is 12.5. The Morgan fingerprint density at radius 1 is 0.500 bits per heavy atom. The zero-order valence-corrected chi connectivity index (χ0v) is 35.2. The second-order valence-electron chi connectivity index (χ2n) is 15.9. The van der Waals surface area contributed by atoms with Crippen molar-refractivity contribution in [2.75, 3.05) is 0 Å². The molecule has 0 atom stereocenters. The molecule has 1 heterocycles. The number of pyridine rings is 1. The van der Waals surface area contributed by atoms with Gasteiger partial charge >= 0.3 is 18.6 Å². The molecule has 0 saturated heterocycles. The quantitative estimate of drug-likeness (QED) is 0.212. The van der Waals surface area contributed by atoms with Crippen molar-refractivity contribution >= 4 is 34.4 Å². The van der Waals surface area contributed by atoms with Crippen LogP contribution in [0, 0.1) is 0 Å². The second-order valence-corrected chi connectivity index (χ2v) is 16.3. The molecule has 0 N–H and O–H groups in total. The number of aliphatic imine (C=N–C) groups is 2. The molecule has 4 fully saturated rings. The molecule has 0 unspecified atom stereocenters. The molecule has 1 aromatic heterocycles. The minimum atomic E-state index is 0. The molecule has 0 amide bonds. The maximum Gasteiger partial charge on any atom is 2.00 e. The van der Waals surface area contributed by atoms with Gasteiger partial charge in [0.25, 0.3) is 0 Å². The van der Waals surface area contributed by atoms with Gasteiger partial charge < -0.3 is 24.8 Å². The first-order valence-electron chi connectivity index (χ1n) is 20.1. The Bertz CT molecular complexity index is 1460. The minimum Gasteiger partial charge on any atom is -1.00 e. The SMILES string of the molecule is CC(=Nc1c(C2CCCCC2)cccc1C1CCCCC1)c1cc(Cl)cc(C(C)=Nc2c(C3CCCCC3)cccc2C2CCCCC2)n1.[Cl-].[Cl-].[V+2]. The largest absolute Gasteiger partial charge is 2.00 e. The standard InChI is InChI=1S/C45H58ClN3.2ClH.V/c1-31(47-44-38(33-17-7-3-8-18-33)25-15-26-39(44)34-19-9-4-10-20-34)42-29-37(46)30-43(49-42)32(2)48-45-40(35-21-11-5-12-22-35)27-16-28-41(45)36-23-13-6-14-24-36;;;/h15-16,25-30,33-36H,3-14,17-24H2,1-2H3;2*1H;/q;;;+2/p-2. The van der Waals surface area contributed by atoms with Gasteiger partial charge in [-0.15, -0.1) is 0 Å². The molecule has 4 aliphatic rings. The molecule has 3 nitrogen and oxygen atoms in total. The van der Waals surface area contributed by atoms with Crippen molar-refractivity contribution in [2.24, 2.45) is 9.98 Å². The molecule has 279 valence electrons. The predicted molar refractivity (Wildman–Crippen MR) is 209 cm³/mol. The van der Waals surface area contributed by atoms with Gasteiger partial charge in [-0.2, -0.15) is 0 Å². The van der Waals surface area contributed by atoms with Crippen molar-refractivity contribution < 1.29 is 43.4 Å². The van der Waals surface area contributed by atoms with Gasteiger partial charge in [0, 0.05) is 5.02 Å². The Morgan fingerprint density at radius 3 is 1.04 bits per heavy atom. The molecule has 0 spiro atoms. The van der Waals surface area contributed by atoms with Crippen LogP contribution in [0.4, 0.5) is 11.4 Å². The van der Waals surface area contributed by atoms with E-state index in [1.165, 1.54) is 162 Å². The van der Waals surface area contributed by atoms with Crippen LogP contribution in [0.15, 0.2) is 58.5 Å². The van der Waals surface area contributed by atoms with E-state index < -0.39 is 0 Å². The van der Waals surface area contributed by atoms with Crippen molar-refractivity contribution in [3.05, 3.63) is 87.2 Å². The molecule has 3 aromatic rings. The summed E-state index contributed by atoms with van der Waals surface area (Å²) in [5.41, 5.74) is 11.9. The molecule has 52 heavy (non-hydrogen) atoms. The van der Waals surface area contributed by atoms with Gasteiger partial charge in [0.05, 0.1) is 34.2 Å². The monoisotopic (exact) mass is 796 g/mol. The van der Waals surface area contributed by atoms with Gasteiger partial charge in [0.1, 0.15) is 0 Å². The van der Waals surface area contributed by atoms with E-state index in [9.17, 15) is 0 Å². The van der Waals surface area contributed by atoms with E-state index in [0.29, 0.717) is 28.7 Å². The number of benzene rings is 2. The number of halogens is 3. The molecule has 7 rings (SSSR count). The molecule has 7 heteroatoms. The first-order valence-corrected chi connectivity index (χ1v) is 20.5. The van der Waals surface area contributed by atoms with Crippen molar-refractivity contribution in [3.8, 4) is 0 Å². The summed E-state index contributed by atoms with van der Waals surface area (Å²) in [7, 11) is 0. The van der Waals surface area contributed by atoms with Gasteiger partial charge in [-0.05, 0) is 123 Å². The van der Waals surface area contributed by atoms with Crippen LogP contribution in [-0.4, -0.2) is 16.4 Å². The Hall–Kier alpha value is -1.62. The van der Waals surface area contributed by atoms with Crippen LogP contribution in [0.1, 0.15) is 200 Å². The summed E-state index contributed by atoms with van der Waals surface area (Å²) in [4.78, 5) is 16.3. The number of hydrogen-bond donors (Lipinski definition) is 0. The van der Waals surface area contributed by atoms with Crippen LogP contribution < -0.4 is 24.8 Å². The maximum atomic E-state index is 6.91. The number of para-hydroxylation sites is 2. The summed E-state index contributed by atoms with van der Waals surface area (Å²) in [5.74, 6) is 2.40. The Balaban J connectivity index is 0.00000202. The molecule has 1 radical (unpaired) electrons. The summed E-state index contributed by atoms with van der Waals surface area (Å²) in [6, 6.07) is 18.1. The van der Waals surface area contributed by atoms with Crippen molar-refractivity contribution in [1.29, 1.82) is 0 Å². The van der Waals surface area contributed by atoms with Gasteiger partial charge in [-0.3, -0.25) is 9.98 Å². The van der Waals surface area contributed by atoms with Crippen LogP contribution in [0.2, 0.25) is 5.02 Å². The fourth-order valence-electron chi connectivity index (χ4n) is 9.71. The van der Waals surface area contributed by atoms with Crippen molar-refractivity contribution in [1.82, 2.24) is 4.98 Å². The van der Waals surface area contributed by atoms with E-state index in [2.05, 4.69) is 50.2 Å². The second kappa shape index (κ2) is 20.9. The Morgan fingerprint density at radius 2 is 0.769 bits per heavy atom. The maximum absolute atomic E-state index is 6.91. The van der Waals surface area contributed by atoms with E-state index in [4.69, 9.17) is 26.6 Å². The van der Waals surface area contributed by atoms with Gasteiger partial charge in [0.15, 0.2) is 0 Å². The van der Waals surface area contributed by atoms with Gasteiger partial charge in [0.2, 0.25) is 0 Å². The zero-order chi connectivity index (χ0) is 33.6. The van der Waals surface area contributed by atoms with E-state index in [-0.39, 0.29) is 43.4 Å². The summed E-state index contributed by atoms with van der Waals surface area (Å²) in [6.07, 6.45) is 26.2. The average Bonchev–Trinajstić information content (AvgIpc) is 3.16. The average molecular weight is 798 g/mol. The fraction of sp³-hybridized carbons (Fsp3) is 0.578. The third kappa shape index (κ3) is 10.4. The van der Waals surface area contributed by atoms with E-state index in [1.54, 1.807) is 0 Å². The first kappa shape index (κ1) is 43.1. The molecule has 0 bridgehead atoms. The van der Waals surface area contributed by atoms with E-state index in [1.807, 2.05) is 12.1 Å². The number of aromatic nitrogens is 1. The third-order valence-corrected chi connectivity index (χ3v) is 12.7. The topological polar surface area (TPSA) is 37.6 Å². The first-order chi connectivity index (χ1) is 24.0. The summed E-state index contributed by atoms with van der Waals surface area (Å²) >= 11 is 6.91. The van der Waals surface area contributed by atoms with Crippen LogP contribution >= 0.6 is 11.6 Å². The zero-order valence-electron chi connectivity index (χ0n) is 31.5.